The highest BCUT2D eigenvalue weighted by atomic mass is 127. The van der Waals surface area contributed by atoms with Gasteiger partial charge in [0.2, 0.25) is 0 Å². The first-order valence-electron chi connectivity index (χ1n) is 3.26. The van der Waals surface area contributed by atoms with Crippen LogP contribution in [0.4, 0.5) is 0 Å². The maximum absolute atomic E-state index is 5.93. The summed E-state index contributed by atoms with van der Waals surface area (Å²) < 4.78 is 2.16. The first-order chi connectivity index (χ1) is 5.66. The van der Waals surface area contributed by atoms with Crippen LogP contribution in [0.3, 0.4) is 0 Å². The quantitative estimate of drug-likeness (QED) is 0.551. The van der Waals surface area contributed by atoms with Gasteiger partial charge in [-0.25, -0.2) is 9.97 Å². The van der Waals surface area contributed by atoms with Crippen molar-refractivity contribution in [3.63, 3.8) is 0 Å². The molecule has 0 N–H and O–H groups in total. The lowest BCUT2D eigenvalue weighted by molar-refractivity contribution is 1.10. The summed E-state index contributed by atoms with van der Waals surface area (Å²) in [5.41, 5.74) is 0.946. The van der Waals surface area contributed by atoms with E-state index in [2.05, 4.69) is 32.6 Å². The van der Waals surface area contributed by atoms with Crippen LogP contribution in [0, 0.1) is 9.81 Å². The van der Waals surface area contributed by atoms with Gasteiger partial charge in [-0.1, -0.05) is 11.6 Å². The molecule has 0 amide bonds. The number of fused-ring (bicyclic) bond motifs is 1. The third kappa shape index (κ3) is 1.43. The number of hydrogen-bond donors (Lipinski definition) is 0. The molecule has 2 heterocycles. The maximum Gasteiger partial charge on any atom is 0.150 e. The Kier molecular flexibility index (Phi) is 2.22. The highest BCUT2D eigenvalue weighted by Gasteiger charge is 2.06. The summed E-state index contributed by atoms with van der Waals surface area (Å²) in [4.78, 5) is 8.34. The van der Waals surface area contributed by atoms with Gasteiger partial charge in [-0.05, 0) is 35.6 Å². The molecule has 0 bridgehead atoms. The van der Waals surface area contributed by atoms with Gasteiger partial charge in [-0.15, -0.1) is 11.3 Å². The van der Waals surface area contributed by atoms with Gasteiger partial charge in [0.05, 0.1) is 13.1 Å². The Hall–Kier alpha value is 0.0600. The zero-order valence-corrected chi connectivity index (χ0v) is 9.87. The summed E-state index contributed by atoms with van der Waals surface area (Å²) in [5.74, 6) is 0.724. The molecular weight excluding hydrogens is 307 g/mol. The normalized spacial score (nSPS) is 10.9. The molecule has 0 aromatic carbocycles. The molecule has 0 aliphatic rings. The average Bonchev–Trinajstić information content (AvgIpc) is 2.29. The largest absolute Gasteiger partial charge is 0.232 e. The summed E-state index contributed by atoms with van der Waals surface area (Å²) in [6.45, 7) is 1.84. The zero-order valence-electron chi connectivity index (χ0n) is 6.14. The molecule has 12 heavy (non-hydrogen) atoms. The third-order valence-corrected chi connectivity index (χ3v) is 3.69. The number of hydrogen-bond acceptors (Lipinski definition) is 3. The fourth-order valence-corrected chi connectivity index (χ4v) is 2.97. The number of nitrogens with zero attached hydrogens (tertiary/aromatic N) is 2. The van der Waals surface area contributed by atoms with E-state index in [-0.39, 0.29) is 0 Å². The SMILES string of the molecule is Cc1nc(Cl)c2sc(I)cc2n1. The third-order valence-electron chi connectivity index (χ3n) is 1.41. The van der Waals surface area contributed by atoms with Crippen molar-refractivity contribution >= 4 is 55.7 Å². The highest BCUT2D eigenvalue weighted by Crippen LogP contribution is 2.29. The first-order valence-corrected chi connectivity index (χ1v) is 5.53. The lowest BCUT2D eigenvalue weighted by Crippen LogP contribution is -1.86. The van der Waals surface area contributed by atoms with Crippen molar-refractivity contribution < 1.29 is 0 Å². The van der Waals surface area contributed by atoms with Crippen LogP contribution < -0.4 is 0 Å². The number of thiophene rings is 1. The topological polar surface area (TPSA) is 25.8 Å². The van der Waals surface area contributed by atoms with Crippen LogP contribution in [0.15, 0.2) is 6.07 Å². The molecule has 0 atom stereocenters. The Morgan fingerprint density at radius 1 is 1.50 bits per heavy atom. The van der Waals surface area contributed by atoms with E-state index in [4.69, 9.17) is 11.6 Å². The molecule has 2 nitrogen and oxygen atoms in total. The van der Waals surface area contributed by atoms with Crippen LogP contribution >= 0.6 is 45.5 Å². The van der Waals surface area contributed by atoms with Gasteiger partial charge in [-0.3, -0.25) is 0 Å². The standard InChI is InChI=1S/C7H4ClIN2S/c1-3-10-4-2-5(9)12-6(4)7(8)11-3/h2H,1H3. The van der Waals surface area contributed by atoms with Gasteiger partial charge in [0.25, 0.3) is 0 Å². The van der Waals surface area contributed by atoms with Gasteiger partial charge < -0.3 is 0 Å². The van der Waals surface area contributed by atoms with E-state index in [9.17, 15) is 0 Å². The molecule has 0 radical (unpaired) electrons. The number of aryl methyl sites for hydroxylation is 1. The fraction of sp³-hybridized carbons (Fsp3) is 0.143. The minimum Gasteiger partial charge on any atom is -0.232 e. The number of aromatic nitrogens is 2. The average molecular weight is 311 g/mol. The molecule has 2 rings (SSSR count). The van der Waals surface area contributed by atoms with Crippen LogP contribution in [-0.2, 0) is 0 Å². The van der Waals surface area contributed by atoms with Crippen LogP contribution in [0.5, 0.6) is 0 Å². The maximum atomic E-state index is 5.93. The van der Waals surface area contributed by atoms with Gasteiger partial charge in [0.1, 0.15) is 5.82 Å². The molecule has 0 saturated heterocycles. The zero-order chi connectivity index (χ0) is 8.72. The fourth-order valence-electron chi connectivity index (χ4n) is 0.975. The van der Waals surface area contributed by atoms with Crippen LogP contribution in [0.25, 0.3) is 10.2 Å². The van der Waals surface area contributed by atoms with E-state index in [1.165, 1.54) is 2.88 Å². The lowest BCUT2D eigenvalue weighted by atomic mass is 10.5. The molecule has 2 aromatic heterocycles. The van der Waals surface area contributed by atoms with E-state index in [0.717, 1.165) is 16.0 Å². The molecule has 62 valence electrons. The Morgan fingerprint density at radius 3 is 3.00 bits per heavy atom. The molecule has 0 aliphatic heterocycles. The monoisotopic (exact) mass is 310 g/mol. The summed E-state index contributed by atoms with van der Waals surface area (Å²) in [6.07, 6.45) is 0. The van der Waals surface area contributed by atoms with Gasteiger partial charge in [-0.2, -0.15) is 0 Å². The van der Waals surface area contributed by atoms with E-state index in [0.29, 0.717) is 5.15 Å². The molecule has 2 aromatic rings. The van der Waals surface area contributed by atoms with Gasteiger partial charge in [0.15, 0.2) is 5.15 Å². The Morgan fingerprint density at radius 2 is 2.25 bits per heavy atom. The smallest absolute Gasteiger partial charge is 0.150 e. The highest BCUT2D eigenvalue weighted by molar-refractivity contribution is 14.1. The second-order valence-corrected chi connectivity index (χ2v) is 5.63. The first kappa shape index (κ1) is 8.65. The van der Waals surface area contributed by atoms with E-state index >= 15 is 0 Å². The summed E-state index contributed by atoms with van der Waals surface area (Å²) in [5, 5.41) is 0.561. The summed E-state index contributed by atoms with van der Waals surface area (Å²) >= 11 is 9.80. The molecule has 0 fully saturated rings. The predicted molar refractivity (Wildman–Crippen MR) is 59.9 cm³/mol. The van der Waals surface area contributed by atoms with Crippen molar-refractivity contribution in [2.24, 2.45) is 0 Å². The van der Waals surface area contributed by atoms with Crippen LogP contribution in [0.1, 0.15) is 5.82 Å². The number of halogens is 2. The minimum atomic E-state index is 0.561. The van der Waals surface area contributed by atoms with Crippen molar-refractivity contribution in [3.05, 3.63) is 19.9 Å². The number of rotatable bonds is 0. The summed E-state index contributed by atoms with van der Waals surface area (Å²) in [6, 6.07) is 2.02. The molecule has 0 saturated carbocycles. The molecular formula is C7H4ClIN2S. The minimum absolute atomic E-state index is 0.561. The van der Waals surface area contributed by atoms with Crippen molar-refractivity contribution in [2.45, 2.75) is 6.92 Å². The molecule has 0 aliphatic carbocycles. The van der Waals surface area contributed by atoms with Crippen molar-refractivity contribution in [1.29, 1.82) is 0 Å². The second-order valence-electron chi connectivity index (χ2n) is 2.33. The van der Waals surface area contributed by atoms with E-state index in [1.54, 1.807) is 11.3 Å². The van der Waals surface area contributed by atoms with Crippen LogP contribution in [0.2, 0.25) is 5.15 Å². The van der Waals surface area contributed by atoms with Crippen molar-refractivity contribution in [1.82, 2.24) is 9.97 Å². The Labute approximate surface area is 92.1 Å². The van der Waals surface area contributed by atoms with Crippen molar-refractivity contribution in [3.8, 4) is 0 Å². The van der Waals surface area contributed by atoms with E-state index in [1.807, 2.05) is 13.0 Å². The molecule has 0 unspecified atom stereocenters. The second kappa shape index (κ2) is 3.08. The van der Waals surface area contributed by atoms with Gasteiger partial charge in [0, 0.05) is 0 Å². The molecule has 0 spiro atoms. The summed E-state index contributed by atoms with van der Waals surface area (Å²) in [7, 11) is 0. The Balaban J connectivity index is 2.88. The molecule has 5 heteroatoms. The lowest BCUT2D eigenvalue weighted by Gasteiger charge is -1.93. The van der Waals surface area contributed by atoms with Crippen LogP contribution in [-0.4, -0.2) is 9.97 Å². The van der Waals surface area contributed by atoms with Gasteiger partial charge >= 0.3 is 0 Å². The predicted octanol–water partition coefficient (Wildman–Crippen LogP) is 3.26. The van der Waals surface area contributed by atoms with E-state index < -0.39 is 0 Å². The van der Waals surface area contributed by atoms with Crippen molar-refractivity contribution in [2.75, 3.05) is 0 Å². The Bertz CT molecular complexity index is 440.